The Bertz CT molecular complexity index is 744. The Kier molecular flexibility index (Phi) is 5.32. The molecule has 1 aromatic heterocycles. The van der Waals surface area contributed by atoms with Gasteiger partial charge in [-0.25, -0.2) is 4.79 Å². The van der Waals surface area contributed by atoms with E-state index in [0.717, 1.165) is 5.39 Å². The molecule has 0 unspecified atom stereocenters. The zero-order valence-corrected chi connectivity index (χ0v) is 12.6. The molecule has 2 aromatic rings. The molecule has 0 radical (unpaired) electrons. The van der Waals surface area contributed by atoms with E-state index in [9.17, 15) is 4.79 Å². The Morgan fingerprint density at radius 3 is 3.05 bits per heavy atom. The van der Waals surface area contributed by atoms with Crippen molar-refractivity contribution in [2.75, 3.05) is 6.61 Å². The number of pyridine rings is 1. The van der Waals surface area contributed by atoms with Gasteiger partial charge < -0.3 is 15.3 Å². The molecule has 0 aliphatic rings. The average Bonchev–Trinajstić information content (AvgIpc) is 2.53. The van der Waals surface area contributed by atoms with Gasteiger partial charge in [0.1, 0.15) is 17.9 Å². The van der Waals surface area contributed by atoms with Gasteiger partial charge in [0.25, 0.3) is 0 Å². The minimum atomic E-state index is -0.607. The van der Waals surface area contributed by atoms with Crippen LogP contribution in [0.15, 0.2) is 47.8 Å². The lowest BCUT2D eigenvalue weighted by molar-refractivity contribution is -0.137. The van der Waals surface area contributed by atoms with E-state index < -0.39 is 5.97 Å². The fourth-order valence-corrected chi connectivity index (χ4v) is 1.89. The number of carbonyl (C=O) groups excluding carboxylic acids is 1. The number of amidine groups is 1. The van der Waals surface area contributed by atoms with Gasteiger partial charge in [0.2, 0.25) is 0 Å². The summed E-state index contributed by atoms with van der Waals surface area (Å²) in [5.74, 6) is -0.0705. The largest absolute Gasteiger partial charge is 0.483 e. The van der Waals surface area contributed by atoms with Crippen LogP contribution in [0.25, 0.3) is 10.9 Å². The molecule has 0 saturated carbocycles. The fraction of sp³-hybridized carbons (Fsp3) is 0.133. The summed E-state index contributed by atoms with van der Waals surface area (Å²) in [6.07, 6.45) is 4.41. The SMILES string of the molecule is C/C=C/C(=O)O/N=C(\N)COc1ccc(Cl)c2cccnc12. The summed E-state index contributed by atoms with van der Waals surface area (Å²) in [6, 6.07) is 7.03. The van der Waals surface area contributed by atoms with Crippen LogP contribution in [0.1, 0.15) is 6.92 Å². The van der Waals surface area contributed by atoms with Crippen LogP contribution in [-0.4, -0.2) is 23.4 Å². The molecular weight excluding hydrogens is 306 g/mol. The third-order valence-corrected chi connectivity index (χ3v) is 2.94. The molecule has 1 heterocycles. The van der Waals surface area contributed by atoms with Gasteiger partial charge in [0.05, 0.1) is 5.02 Å². The highest BCUT2D eigenvalue weighted by atomic mass is 35.5. The lowest BCUT2D eigenvalue weighted by atomic mass is 10.2. The van der Waals surface area contributed by atoms with Gasteiger partial charge in [0, 0.05) is 17.7 Å². The molecule has 0 aliphatic heterocycles. The Morgan fingerprint density at radius 2 is 2.27 bits per heavy atom. The molecule has 2 N–H and O–H groups in total. The van der Waals surface area contributed by atoms with Crippen molar-refractivity contribution in [2.45, 2.75) is 6.92 Å². The summed E-state index contributed by atoms with van der Waals surface area (Å²) in [5, 5.41) is 4.83. The average molecular weight is 320 g/mol. The van der Waals surface area contributed by atoms with E-state index >= 15 is 0 Å². The highest BCUT2D eigenvalue weighted by Crippen LogP contribution is 2.29. The second kappa shape index (κ2) is 7.42. The Hall–Kier alpha value is -2.60. The smallest absolute Gasteiger partial charge is 0.358 e. The first kappa shape index (κ1) is 15.8. The third kappa shape index (κ3) is 3.95. The van der Waals surface area contributed by atoms with Crippen LogP contribution in [0, 0.1) is 0 Å². The molecule has 0 fully saturated rings. The normalized spacial score (nSPS) is 11.8. The van der Waals surface area contributed by atoms with Crippen molar-refractivity contribution >= 4 is 34.3 Å². The van der Waals surface area contributed by atoms with Crippen molar-refractivity contribution in [1.82, 2.24) is 4.98 Å². The van der Waals surface area contributed by atoms with Crippen LogP contribution in [-0.2, 0) is 9.63 Å². The number of benzene rings is 1. The number of allylic oxidation sites excluding steroid dienone is 1. The maximum absolute atomic E-state index is 11.1. The van der Waals surface area contributed by atoms with Crippen molar-refractivity contribution < 1.29 is 14.4 Å². The van der Waals surface area contributed by atoms with Gasteiger partial charge in [0.15, 0.2) is 5.84 Å². The van der Waals surface area contributed by atoms with E-state index in [2.05, 4.69) is 15.0 Å². The molecule has 6 nitrogen and oxygen atoms in total. The van der Waals surface area contributed by atoms with Crippen molar-refractivity contribution in [1.29, 1.82) is 0 Å². The maximum Gasteiger partial charge on any atom is 0.358 e. The van der Waals surface area contributed by atoms with Crippen molar-refractivity contribution in [3.05, 3.63) is 47.6 Å². The zero-order chi connectivity index (χ0) is 15.9. The summed E-state index contributed by atoms with van der Waals surface area (Å²) in [6.45, 7) is 1.65. The molecule has 114 valence electrons. The first-order chi connectivity index (χ1) is 10.6. The Balaban J connectivity index is 2.07. The Morgan fingerprint density at radius 1 is 1.45 bits per heavy atom. The predicted molar refractivity (Wildman–Crippen MR) is 84.8 cm³/mol. The summed E-state index contributed by atoms with van der Waals surface area (Å²) < 4.78 is 5.54. The van der Waals surface area contributed by atoms with Gasteiger partial charge in [-0.15, -0.1) is 0 Å². The number of aromatic nitrogens is 1. The van der Waals surface area contributed by atoms with E-state index in [-0.39, 0.29) is 12.4 Å². The van der Waals surface area contributed by atoms with Gasteiger partial charge in [-0.3, -0.25) is 4.98 Å². The number of hydrogen-bond acceptors (Lipinski definition) is 5. The minimum absolute atomic E-state index is 0.0249. The van der Waals surface area contributed by atoms with Crippen LogP contribution >= 0.6 is 11.6 Å². The number of carbonyl (C=O) groups is 1. The number of nitrogens with zero attached hydrogens (tertiary/aromatic N) is 2. The molecule has 2 rings (SSSR count). The summed E-state index contributed by atoms with van der Waals surface area (Å²) in [7, 11) is 0. The van der Waals surface area contributed by atoms with Gasteiger partial charge in [-0.2, -0.15) is 0 Å². The minimum Gasteiger partial charge on any atom is -0.483 e. The Labute approximate surface area is 132 Å². The number of oxime groups is 1. The zero-order valence-electron chi connectivity index (χ0n) is 11.8. The molecule has 7 heteroatoms. The number of ether oxygens (including phenoxy) is 1. The summed E-state index contributed by atoms with van der Waals surface area (Å²) in [5.41, 5.74) is 6.24. The van der Waals surface area contributed by atoms with Gasteiger partial charge in [-0.1, -0.05) is 22.8 Å². The van der Waals surface area contributed by atoms with Crippen LogP contribution in [0.3, 0.4) is 0 Å². The summed E-state index contributed by atoms with van der Waals surface area (Å²) in [4.78, 5) is 19.9. The molecular formula is C15H14ClN3O3. The lowest BCUT2D eigenvalue weighted by Crippen LogP contribution is -2.22. The molecule has 0 amide bonds. The number of nitrogens with two attached hydrogens (primary N) is 1. The fourth-order valence-electron chi connectivity index (χ4n) is 1.68. The lowest BCUT2D eigenvalue weighted by Gasteiger charge is -2.08. The van der Waals surface area contributed by atoms with Gasteiger partial charge >= 0.3 is 5.97 Å². The monoisotopic (exact) mass is 319 g/mol. The van der Waals surface area contributed by atoms with Crippen LogP contribution < -0.4 is 10.5 Å². The molecule has 0 saturated heterocycles. The molecule has 0 bridgehead atoms. The number of fused-ring (bicyclic) bond motifs is 1. The maximum atomic E-state index is 11.1. The van der Waals surface area contributed by atoms with E-state index in [1.807, 2.05) is 6.07 Å². The van der Waals surface area contributed by atoms with Crippen LogP contribution in [0.4, 0.5) is 0 Å². The highest BCUT2D eigenvalue weighted by Gasteiger charge is 2.07. The van der Waals surface area contributed by atoms with Crippen molar-refractivity contribution in [2.24, 2.45) is 10.9 Å². The van der Waals surface area contributed by atoms with E-state index in [4.69, 9.17) is 22.1 Å². The van der Waals surface area contributed by atoms with Crippen molar-refractivity contribution in [3.63, 3.8) is 0 Å². The second-order valence-corrected chi connectivity index (χ2v) is 4.63. The number of rotatable bonds is 5. The number of halogens is 1. The summed E-state index contributed by atoms with van der Waals surface area (Å²) >= 11 is 6.10. The molecule has 0 aliphatic carbocycles. The quantitative estimate of drug-likeness (QED) is 0.301. The number of hydrogen-bond donors (Lipinski definition) is 1. The van der Waals surface area contributed by atoms with E-state index in [0.29, 0.717) is 16.3 Å². The topological polar surface area (TPSA) is 86.8 Å². The first-order valence-corrected chi connectivity index (χ1v) is 6.81. The van der Waals surface area contributed by atoms with Gasteiger partial charge in [-0.05, 0) is 31.2 Å². The third-order valence-electron chi connectivity index (χ3n) is 2.61. The standard InChI is InChI=1S/C15H14ClN3O3/c1-2-4-14(20)22-19-13(17)9-21-12-7-6-11(16)10-5-3-8-18-15(10)12/h2-8H,9H2,1H3,(H2,17,19)/b4-2+. The van der Waals surface area contributed by atoms with Crippen LogP contribution in [0.2, 0.25) is 5.02 Å². The molecule has 1 aromatic carbocycles. The molecule has 0 atom stereocenters. The molecule has 22 heavy (non-hydrogen) atoms. The second-order valence-electron chi connectivity index (χ2n) is 4.23. The van der Waals surface area contributed by atoms with Crippen LogP contribution in [0.5, 0.6) is 5.75 Å². The van der Waals surface area contributed by atoms with E-state index in [1.54, 1.807) is 31.3 Å². The first-order valence-electron chi connectivity index (χ1n) is 6.44. The predicted octanol–water partition coefficient (Wildman–Crippen LogP) is 2.66. The van der Waals surface area contributed by atoms with Crippen molar-refractivity contribution in [3.8, 4) is 5.75 Å². The van der Waals surface area contributed by atoms with E-state index in [1.165, 1.54) is 12.2 Å². The molecule has 0 spiro atoms. The highest BCUT2D eigenvalue weighted by molar-refractivity contribution is 6.35.